The molecule has 0 amide bonds. The lowest BCUT2D eigenvalue weighted by molar-refractivity contribution is -0.135. The number of carboxylic acids is 2. The first-order valence-corrected chi connectivity index (χ1v) is 2.91. The van der Waals surface area contributed by atoms with Crippen LogP contribution < -0.4 is 17.3 Å². The first-order chi connectivity index (χ1) is 5.73. The second-order valence-corrected chi connectivity index (χ2v) is 1.59. The second-order valence-electron chi connectivity index (χ2n) is 1.59. The third-order valence-corrected chi connectivity index (χ3v) is 0.149. The lowest BCUT2D eigenvalue weighted by Gasteiger charge is -1.76. The Balaban J connectivity index is -0.000000117. The minimum absolute atomic E-state index is 0.0926. The van der Waals surface area contributed by atoms with Crippen molar-refractivity contribution in [3.63, 3.8) is 0 Å². The van der Waals surface area contributed by atoms with Crippen LogP contribution in [0.1, 0.15) is 13.8 Å². The number of hydrogen-bond acceptors (Lipinski definition) is 4. The predicted octanol–water partition coefficient (Wildman–Crippen LogP) is -1.68. The normalized spacial score (nSPS) is 6.31. The zero-order valence-corrected chi connectivity index (χ0v) is 7.39. The van der Waals surface area contributed by atoms with Gasteiger partial charge in [-0.1, -0.05) is 0 Å². The molecule has 0 fully saturated rings. The van der Waals surface area contributed by atoms with Crippen molar-refractivity contribution >= 4 is 17.9 Å². The fourth-order valence-corrected chi connectivity index (χ4v) is 0. The summed E-state index contributed by atoms with van der Waals surface area (Å²) in [5, 5.41) is 17.7. The molecule has 0 aliphatic heterocycles. The highest BCUT2D eigenvalue weighted by molar-refractivity contribution is 5.75. The van der Waals surface area contributed by atoms with Gasteiger partial charge in [0.05, 0.1) is 0 Å². The van der Waals surface area contributed by atoms with E-state index in [1.54, 1.807) is 0 Å². The number of carbonyl (C=O) groups is 2. The number of guanidine groups is 1. The molecule has 0 rings (SSSR count). The molecule has 0 bridgehead atoms. The number of hydrogen-bond donors (Lipinski definition) is 5. The van der Waals surface area contributed by atoms with E-state index < -0.39 is 11.9 Å². The van der Waals surface area contributed by atoms with Crippen LogP contribution in [0.3, 0.4) is 0 Å². The molecule has 0 aromatic heterocycles. The SMILES string of the molecule is CC(=O)O.CC(=O)O.NN=C(N)N. The maximum Gasteiger partial charge on any atom is 0.300 e. The van der Waals surface area contributed by atoms with Gasteiger partial charge in [-0.05, 0) is 0 Å². The van der Waals surface area contributed by atoms with Gasteiger partial charge in [-0.25, -0.2) is 0 Å². The Bertz CT molecular complexity index is 155. The van der Waals surface area contributed by atoms with E-state index in [1.165, 1.54) is 0 Å². The third-order valence-electron chi connectivity index (χ3n) is 0.149. The molecular weight excluding hydrogens is 180 g/mol. The van der Waals surface area contributed by atoms with E-state index in [9.17, 15) is 0 Å². The second kappa shape index (κ2) is 12.7. The molecule has 78 valence electrons. The van der Waals surface area contributed by atoms with Gasteiger partial charge in [-0.3, -0.25) is 9.59 Å². The zero-order valence-electron chi connectivity index (χ0n) is 7.39. The van der Waals surface area contributed by atoms with Crippen LogP contribution in [-0.4, -0.2) is 28.1 Å². The van der Waals surface area contributed by atoms with Gasteiger partial charge >= 0.3 is 0 Å². The molecule has 13 heavy (non-hydrogen) atoms. The van der Waals surface area contributed by atoms with Gasteiger partial charge in [0.2, 0.25) is 5.96 Å². The van der Waals surface area contributed by atoms with E-state index in [4.69, 9.17) is 31.3 Å². The molecule has 0 radical (unpaired) electrons. The van der Waals surface area contributed by atoms with Crippen molar-refractivity contribution in [2.45, 2.75) is 13.8 Å². The summed E-state index contributed by atoms with van der Waals surface area (Å²) < 4.78 is 0. The average Bonchev–Trinajstić information content (AvgIpc) is 1.84. The van der Waals surface area contributed by atoms with E-state index in [2.05, 4.69) is 10.9 Å². The van der Waals surface area contributed by atoms with Gasteiger partial charge in [0.25, 0.3) is 11.9 Å². The van der Waals surface area contributed by atoms with Crippen LogP contribution in [0.4, 0.5) is 0 Å². The van der Waals surface area contributed by atoms with Crippen molar-refractivity contribution in [1.29, 1.82) is 0 Å². The Morgan fingerprint density at radius 3 is 1.15 bits per heavy atom. The van der Waals surface area contributed by atoms with Crippen LogP contribution in [0.25, 0.3) is 0 Å². The molecule has 0 heterocycles. The van der Waals surface area contributed by atoms with Crippen molar-refractivity contribution in [2.75, 3.05) is 0 Å². The molecule has 8 N–H and O–H groups in total. The largest absolute Gasteiger partial charge is 0.481 e. The molecule has 0 spiro atoms. The van der Waals surface area contributed by atoms with Crippen LogP contribution in [0.5, 0.6) is 0 Å². The minimum Gasteiger partial charge on any atom is -0.481 e. The topological polar surface area (TPSA) is 165 Å². The number of nitrogens with two attached hydrogens (primary N) is 3. The monoisotopic (exact) mass is 194 g/mol. The summed E-state index contributed by atoms with van der Waals surface area (Å²) in [6.07, 6.45) is 0. The molecule has 0 saturated heterocycles. The lowest BCUT2D eigenvalue weighted by Crippen LogP contribution is -2.23. The smallest absolute Gasteiger partial charge is 0.300 e. The van der Waals surface area contributed by atoms with Crippen LogP contribution in [0, 0.1) is 0 Å². The average molecular weight is 194 g/mol. The predicted molar refractivity (Wildman–Crippen MR) is 46.6 cm³/mol. The third kappa shape index (κ3) is 6420000. The van der Waals surface area contributed by atoms with E-state index in [0.29, 0.717) is 0 Å². The molecule has 0 atom stereocenters. The molecule has 0 unspecified atom stereocenters. The quantitative estimate of drug-likeness (QED) is 0.133. The summed E-state index contributed by atoms with van der Waals surface area (Å²) in [4.78, 5) is 18.0. The van der Waals surface area contributed by atoms with Crippen LogP contribution >= 0.6 is 0 Å². The Labute approximate surface area is 75.0 Å². The van der Waals surface area contributed by atoms with Crippen molar-refractivity contribution < 1.29 is 19.8 Å². The van der Waals surface area contributed by atoms with Gasteiger partial charge < -0.3 is 27.5 Å². The number of hydrazone groups is 1. The maximum atomic E-state index is 9.00. The summed E-state index contributed by atoms with van der Waals surface area (Å²) in [6, 6.07) is 0. The van der Waals surface area contributed by atoms with Gasteiger partial charge in [0.15, 0.2) is 0 Å². The van der Waals surface area contributed by atoms with Crippen LogP contribution in [0.2, 0.25) is 0 Å². The minimum atomic E-state index is -0.833. The fraction of sp³-hybridized carbons (Fsp3) is 0.400. The van der Waals surface area contributed by atoms with E-state index in [-0.39, 0.29) is 5.96 Å². The molecule has 8 heteroatoms. The van der Waals surface area contributed by atoms with Gasteiger partial charge in [0, 0.05) is 13.8 Å². The Hall–Kier alpha value is -1.99. The number of aliphatic carboxylic acids is 2. The van der Waals surface area contributed by atoms with Gasteiger partial charge in [-0.2, -0.15) is 0 Å². The zero-order chi connectivity index (χ0) is 11.4. The lowest BCUT2D eigenvalue weighted by atomic mass is 10.9. The molecule has 8 nitrogen and oxygen atoms in total. The van der Waals surface area contributed by atoms with Crippen molar-refractivity contribution in [2.24, 2.45) is 22.4 Å². The molecule has 0 aromatic rings. The summed E-state index contributed by atoms with van der Waals surface area (Å²) in [7, 11) is 0. The first-order valence-electron chi connectivity index (χ1n) is 2.91. The first kappa shape index (κ1) is 17.2. The van der Waals surface area contributed by atoms with Crippen molar-refractivity contribution in [1.82, 2.24) is 0 Å². The summed E-state index contributed by atoms with van der Waals surface area (Å²) >= 11 is 0. The molecular formula is C5H14N4O4. The van der Waals surface area contributed by atoms with Crippen LogP contribution in [0.15, 0.2) is 5.10 Å². The number of rotatable bonds is 0. The Morgan fingerprint density at radius 2 is 1.15 bits per heavy atom. The number of carboxylic acid groups (broad SMARTS) is 2. The molecule has 0 aliphatic rings. The fourth-order valence-electron chi connectivity index (χ4n) is 0. The number of nitrogens with zero attached hydrogens (tertiary/aromatic N) is 1. The molecule has 0 aromatic carbocycles. The maximum absolute atomic E-state index is 9.00. The van der Waals surface area contributed by atoms with Gasteiger partial charge in [0.1, 0.15) is 0 Å². The molecule has 0 aliphatic carbocycles. The summed E-state index contributed by atoms with van der Waals surface area (Å²) in [5.74, 6) is 2.75. The van der Waals surface area contributed by atoms with E-state index in [0.717, 1.165) is 13.8 Å². The highest BCUT2D eigenvalue weighted by Gasteiger charge is 1.66. The van der Waals surface area contributed by atoms with Crippen molar-refractivity contribution in [3.05, 3.63) is 0 Å². The van der Waals surface area contributed by atoms with E-state index >= 15 is 0 Å². The molecule has 0 saturated carbocycles. The summed E-state index contributed by atoms with van der Waals surface area (Å²) in [6.45, 7) is 2.17. The summed E-state index contributed by atoms with van der Waals surface area (Å²) in [5.41, 5.74) is 9.39. The van der Waals surface area contributed by atoms with Gasteiger partial charge in [-0.15, -0.1) is 5.10 Å². The standard InChI is InChI=1S/2C2H4O2.CH6N4/c2*1-2(3)4;2-1(3)5-4/h2*1H3,(H,3,4);4H2,(H4,2,3,5). The Kier molecular flexibility index (Phi) is 16.8. The van der Waals surface area contributed by atoms with Crippen molar-refractivity contribution in [3.8, 4) is 0 Å². The van der Waals surface area contributed by atoms with Crippen LogP contribution in [-0.2, 0) is 9.59 Å². The highest BCUT2D eigenvalue weighted by atomic mass is 16.4. The highest BCUT2D eigenvalue weighted by Crippen LogP contribution is 1.42. The van der Waals surface area contributed by atoms with E-state index in [1.807, 2.05) is 0 Å². The Morgan fingerprint density at radius 1 is 1.08 bits per heavy atom.